The van der Waals surface area contributed by atoms with Crippen molar-refractivity contribution < 1.29 is 4.79 Å². The molecule has 0 bridgehead atoms. The molecule has 16 heavy (non-hydrogen) atoms. The third kappa shape index (κ3) is 4.30. The summed E-state index contributed by atoms with van der Waals surface area (Å²) in [5, 5.41) is 6.39. The van der Waals surface area contributed by atoms with E-state index in [9.17, 15) is 4.79 Å². The van der Waals surface area contributed by atoms with Gasteiger partial charge in [0.25, 0.3) is 0 Å². The maximum Gasteiger partial charge on any atom is 0.220 e. The van der Waals surface area contributed by atoms with Crippen LogP contribution in [-0.2, 0) is 4.79 Å². The molecule has 0 radical (unpaired) electrons. The van der Waals surface area contributed by atoms with Gasteiger partial charge in [-0.1, -0.05) is 19.3 Å². The van der Waals surface area contributed by atoms with E-state index < -0.39 is 0 Å². The van der Waals surface area contributed by atoms with E-state index in [2.05, 4.69) is 10.6 Å². The molecule has 1 unspecified atom stereocenters. The van der Waals surface area contributed by atoms with Gasteiger partial charge in [0.15, 0.2) is 0 Å². The van der Waals surface area contributed by atoms with Gasteiger partial charge < -0.3 is 10.6 Å². The Hall–Kier alpha value is -0.280. The van der Waals surface area contributed by atoms with Crippen molar-refractivity contribution in [1.82, 2.24) is 10.6 Å². The molecule has 0 aromatic heterocycles. The van der Waals surface area contributed by atoms with Gasteiger partial charge in [0.1, 0.15) is 0 Å². The van der Waals surface area contributed by atoms with Crippen molar-refractivity contribution >= 4 is 18.3 Å². The summed E-state index contributed by atoms with van der Waals surface area (Å²) in [6, 6.07) is 0.390. The number of hydrogen-bond donors (Lipinski definition) is 2. The van der Waals surface area contributed by atoms with Crippen molar-refractivity contribution in [3.8, 4) is 0 Å². The van der Waals surface area contributed by atoms with Crippen LogP contribution in [0.5, 0.6) is 0 Å². The minimum absolute atomic E-state index is 0. The quantitative estimate of drug-likeness (QED) is 0.798. The van der Waals surface area contributed by atoms with E-state index in [0.29, 0.717) is 12.0 Å². The van der Waals surface area contributed by atoms with Crippen LogP contribution in [0, 0.1) is 5.92 Å². The van der Waals surface area contributed by atoms with E-state index in [1.807, 2.05) is 0 Å². The Morgan fingerprint density at radius 2 is 1.94 bits per heavy atom. The summed E-state index contributed by atoms with van der Waals surface area (Å²) in [7, 11) is 0. The molecule has 2 N–H and O–H groups in total. The van der Waals surface area contributed by atoms with Gasteiger partial charge in [-0.2, -0.15) is 0 Å². The number of carbonyl (C=O) groups is 1. The Balaban J connectivity index is 0.00000128. The lowest BCUT2D eigenvalue weighted by molar-refractivity contribution is -0.122. The number of halogens is 1. The summed E-state index contributed by atoms with van der Waals surface area (Å²) >= 11 is 0. The summed E-state index contributed by atoms with van der Waals surface area (Å²) in [6.45, 7) is 2.00. The zero-order valence-electron chi connectivity index (χ0n) is 9.84. The van der Waals surface area contributed by atoms with Crippen molar-refractivity contribution in [3.05, 3.63) is 0 Å². The SMILES string of the molecule is Cl.O=C(CC1CCCCC1)NC1CCNC1. The Morgan fingerprint density at radius 3 is 2.56 bits per heavy atom. The van der Waals surface area contributed by atoms with Crippen molar-refractivity contribution in [3.63, 3.8) is 0 Å². The first-order chi connectivity index (χ1) is 7.34. The first-order valence-corrected chi connectivity index (χ1v) is 6.34. The zero-order valence-corrected chi connectivity index (χ0v) is 10.7. The highest BCUT2D eigenvalue weighted by Crippen LogP contribution is 2.26. The van der Waals surface area contributed by atoms with Crippen LogP contribution in [-0.4, -0.2) is 25.0 Å². The Morgan fingerprint density at radius 1 is 1.19 bits per heavy atom. The first kappa shape index (κ1) is 13.8. The predicted octanol–water partition coefficient (Wildman–Crippen LogP) is 1.86. The maximum atomic E-state index is 11.7. The van der Waals surface area contributed by atoms with Gasteiger partial charge in [-0.05, 0) is 31.7 Å². The van der Waals surface area contributed by atoms with E-state index in [1.54, 1.807) is 0 Å². The van der Waals surface area contributed by atoms with Gasteiger partial charge >= 0.3 is 0 Å². The van der Waals surface area contributed by atoms with Gasteiger partial charge in [0, 0.05) is 19.0 Å². The molecule has 1 heterocycles. The molecule has 2 aliphatic rings. The maximum absolute atomic E-state index is 11.7. The number of nitrogens with one attached hydrogen (secondary N) is 2. The summed E-state index contributed by atoms with van der Waals surface area (Å²) in [4.78, 5) is 11.7. The van der Waals surface area contributed by atoms with Crippen molar-refractivity contribution in [2.45, 2.75) is 51.0 Å². The van der Waals surface area contributed by atoms with Crippen LogP contribution >= 0.6 is 12.4 Å². The monoisotopic (exact) mass is 246 g/mol. The van der Waals surface area contributed by atoms with E-state index in [-0.39, 0.29) is 18.3 Å². The van der Waals surface area contributed by atoms with Gasteiger partial charge in [-0.3, -0.25) is 4.79 Å². The molecular formula is C12H23ClN2O. The lowest BCUT2D eigenvalue weighted by atomic mass is 9.87. The minimum Gasteiger partial charge on any atom is -0.352 e. The molecule has 4 heteroatoms. The molecular weight excluding hydrogens is 224 g/mol. The number of hydrogen-bond acceptors (Lipinski definition) is 2. The normalized spacial score (nSPS) is 26.1. The molecule has 3 nitrogen and oxygen atoms in total. The van der Waals surface area contributed by atoms with Crippen molar-refractivity contribution in [1.29, 1.82) is 0 Å². The lowest BCUT2D eigenvalue weighted by Crippen LogP contribution is -2.37. The van der Waals surface area contributed by atoms with Crippen molar-refractivity contribution in [2.24, 2.45) is 5.92 Å². The molecule has 0 aromatic rings. The van der Waals surface area contributed by atoms with Gasteiger partial charge in [-0.15, -0.1) is 12.4 Å². The van der Waals surface area contributed by atoms with Crippen LogP contribution in [0.1, 0.15) is 44.9 Å². The predicted molar refractivity (Wildman–Crippen MR) is 67.9 cm³/mol. The van der Waals surface area contributed by atoms with E-state index in [0.717, 1.165) is 25.9 Å². The third-order valence-electron chi connectivity index (χ3n) is 3.62. The average molecular weight is 247 g/mol. The molecule has 1 amide bonds. The first-order valence-electron chi connectivity index (χ1n) is 6.34. The van der Waals surface area contributed by atoms with Crippen molar-refractivity contribution in [2.75, 3.05) is 13.1 Å². The number of amides is 1. The van der Waals surface area contributed by atoms with Crippen LogP contribution in [0.25, 0.3) is 0 Å². The largest absolute Gasteiger partial charge is 0.352 e. The molecule has 2 fully saturated rings. The van der Waals surface area contributed by atoms with E-state index >= 15 is 0 Å². The topological polar surface area (TPSA) is 41.1 Å². The standard InChI is InChI=1S/C12H22N2O.ClH/c15-12(14-11-6-7-13-9-11)8-10-4-2-1-3-5-10;/h10-11,13H,1-9H2,(H,14,15);1H. The summed E-state index contributed by atoms with van der Waals surface area (Å²) < 4.78 is 0. The Labute approximate surface area is 104 Å². The van der Waals surface area contributed by atoms with E-state index in [4.69, 9.17) is 0 Å². The van der Waals surface area contributed by atoms with Crippen LogP contribution in [0.3, 0.4) is 0 Å². The summed E-state index contributed by atoms with van der Waals surface area (Å²) in [5.41, 5.74) is 0. The van der Waals surface area contributed by atoms with Gasteiger partial charge in [0.05, 0.1) is 0 Å². The molecule has 1 atom stereocenters. The van der Waals surface area contributed by atoms with Crippen LogP contribution in [0.15, 0.2) is 0 Å². The third-order valence-corrected chi connectivity index (χ3v) is 3.62. The van der Waals surface area contributed by atoms with Crippen LogP contribution in [0.4, 0.5) is 0 Å². The molecule has 1 aliphatic carbocycles. The average Bonchev–Trinajstić information content (AvgIpc) is 2.71. The fourth-order valence-electron chi connectivity index (χ4n) is 2.72. The summed E-state index contributed by atoms with van der Waals surface area (Å²) in [6.07, 6.45) is 8.39. The second-order valence-electron chi connectivity index (χ2n) is 4.97. The fourth-order valence-corrected chi connectivity index (χ4v) is 2.72. The highest BCUT2D eigenvalue weighted by Gasteiger charge is 2.20. The van der Waals surface area contributed by atoms with Gasteiger partial charge in [0.2, 0.25) is 5.91 Å². The smallest absolute Gasteiger partial charge is 0.220 e. The molecule has 1 aliphatic heterocycles. The Bertz CT molecular complexity index is 211. The molecule has 0 aromatic carbocycles. The minimum atomic E-state index is 0. The van der Waals surface area contributed by atoms with Crippen LogP contribution in [0.2, 0.25) is 0 Å². The Kier molecular flexibility index (Phi) is 6.14. The van der Waals surface area contributed by atoms with Crippen LogP contribution < -0.4 is 10.6 Å². The highest BCUT2D eigenvalue weighted by molar-refractivity contribution is 5.85. The number of carbonyl (C=O) groups excluding carboxylic acids is 1. The fraction of sp³-hybridized carbons (Fsp3) is 0.917. The molecule has 1 saturated heterocycles. The highest BCUT2D eigenvalue weighted by atomic mass is 35.5. The summed E-state index contributed by atoms with van der Waals surface area (Å²) in [5.74, 6) is 0.934. The lowest BCUT2D eigenvalue weighted by Gasteiger charge is -2.21. The number of rotatable bonds is 3. The molecule has 2 rings (SSSR count). The second-order valence-corrected chi connectivity index (χ2v) is 4.97. The molecule has 1 saturated carbocycles. The zero-order chi connectivity index (χ0) is 10.5. The molecule has 94 valence electrons. The van der Waals surface area contributed by atoms with E-state index in [1.165, 1.54) is 32.1 Å². The van der Waals surface area contributed by atoms with Gasteiger partial charge in [-0.25, -0.2) is 0 Å². The second kappa shape index (κ2) is 7.13. The molecule has 0 spiro atoms.